The maximum absolute atomic E-state index is 13.6. The monoisotopic (exact) mass is 391 g/mol. The lowest BCUT2D eigenvalue weighted by Gasteiger charge is -2.17. The molecule has 0 amide bonds. The SMILES string of the molecule is CC1=C(Cl)C(=O)CCC(c2cc(C(C)(F)F)c(Br)cn2)C1=O. The molecule has 22 heavy (non-hydrogen) atoms. The Bertz CT molecular complexity index is 683. The van der Waals surface area contributed by atoms with Gasteiger partial charge in [0.05, 0.1) is 16.6 Å². The normalized spacial score (nSPS) is 20.4. The first-order valence-electron chi connectivity index (χ1n) is 6.60. The van der Waals surface area contributed by atoms with Crippen molar-refractivity contribution in [3.8, 4) is 0 Å². The zero-order chi connectivity index (χ0) is 16.7. The molecule has 7 heteroatoms. The van der Waals surface area contributed by atoms with Crippen LogP contribution in [-0.2, 0) is 15.5 Å². The van der Waals surface area contributed by atoms with Crippen molar-refractivity contribution in [1.29, 1.82) is 0 Å². The highest BCUT2D eigenvalue weighted by atomic mass is 79.9. The Morgan fingerprint density at radius 3 is 2.64 bits per heavy atom. The third-order valence-electron chi connectivity index (χ3n) is 3.63. The minimum Gasteiger partial charge on any atom is -0.294 e. The van der Waals surface area contributed by atoms with Gasteiger partial charge in [0.15, 0.2) is 11.6 Å². The van der Waals surface area contributed by atoms with Crippen LogP contribution in [0.1, 0.15) is 43.9 Å². The van der Waals surface area contributed by atoms with Gasteiger partial charge in [-0.15, -0.1) is 0 Å². The van der Waals surface area contributed by atoms with Crippen molar-refractivity contribution in [2.75, 3.05) is 0 Å². The van der Waals surface area contributed by atoms with Crippen molar-refractivity contribution in [1.82, 2.24) is 4.98 Å². The maximum atomic E-state index is 13.6. The second-order valence-corrected chi connectivity index (χ2v) is 6.53. The summed E-state index contributed by atoms with van der Waals surface area (Å²) < 4.78 is 27.4. The summed E-state index contributed by atoms with van der Waals surface area (Å²) in [4.78, 5) is 28.2. The number of ketones is 2. The zero-order valence-electron chi connectivity index (χ0n) is 11.9. The topological polar surface area (TPSA) is 47.0 Å². The summed E-state index contributed by atoms with van der Waals surface area (Å²) in [6.07, 6.45) is 1.54. The molecule has 0 saturated carbocycles. The van der Waals surface area contributed by atoms with Gasteiger partial charge in [-0.2, -0.15) is 0 Å². The first-order valence-corrected chi connectivity index (χ1v) is 7.77. The first-order chi connectivity index (χ1) is 10.1. The van der Waals surface area contributed by atoms with E-state index in [9.17, 15) is 18.4 Å². The lowest BCUT2D eigenvalue weighted by molar-refractivity contribution is -0.117. The summed E-state index contributed by atoms with van der Waals surface area (Å²) >= 11 is 8.90. The van der Waals surface area contributed by atoms with E-state index in [1.165, 1.54) is 19.2 Å². The summed E-state index contributed by atoms with van der Waals surface area (Å²) in [6.45, 7) is 2.24. The second-order valence-electron chi connectivity index (χ2n) is 5.30. The van der Waals surface area contributed by atoms with Crippen LogP contribution in [0.3, 0.4) is 0 Å². The van der Waals surface area contributed by atoms with Crippen molar-refractivity contribution in [3.05, 3.63) is 38.6 Å². The smallest absolute Gasteiger partial charge is 0.271 e. The molecule has 1 atom stereocenters. The van der Waals surface area contributed by atoms with Crippen molar-refractivity contribution in [2.45, 2.75) is 38.5 Å². The summed E-state index contributed by atoms with van der Waals surface area (Å²) in [5.41, 5.74) is 0.139. The van der Waals surface area contributed by atoms with Gasteiger partial charge in [0.1, 0.15) is 0 Å². The molecule has 0 spiro atoms. The molecule has 1 aliphatic rings. The molecule has 0 fully saturated rings. The lowest BCUT2D eigenvalue weighted by Crippen LogP contribution is -2.16. The number of carbonyl (C=O) groups excluding carboxylic acids is 2. The number of hydrogen-bond acceptors (Lipinski definition) is 3. The van der Waals surface area contributed by atoms with Gasteiger partial charge in [0, 0.05) is 35.2 Å². The van der Waals surface area contributed by atoms with Crippen LogP contribution in [0.25, 0.3) is 0 Å². The number of allylic oxidation sites excluding steroid dienone is 2. The summed E-state index contributed by atoms with van der Waals surface area (Å²) in [6, 6.07) is 1.21. The molecule has 1 aromatic heterocycles. The molecule has 1 heterocycles. The van der Waals surface area contributed by atoms with E-state index >= 15 is 0 Å². The third kappa shape index (κ3) is 3.27. The van der Waals surface area contributed by atoms with Crippen LogP contribution in [0.2, 0.25) is 0 Å². The Morgan fingerprint density at radius 1 is 1.41 bits per heavy atom. The van der Waals surface area contributed by atoms with Gasteiger partial charge >= 0.3 is 0 Å². The van der Waals surface area contributed by atoms with Crippen LogP contribution in [-0.4, -0.2) is 16.6 Å². The van der Waals surface area contributed by atoms with E-state index in [-0.39, 0.29) is 50.7 Å². The number of alkyl halides is 2. The average molecular weight is 393 g/mol. The van der Waals surface area contributed by atoms with Gasteiger partial charge in [-0.25, -0.2) is 8.78 Å². The highest BCUT2D eigenvalue weighted by molar-refractivity contribution is 9.10. The minimum absolute atomic E-state index is 0.0781. The number of hydrogen-bond donors (Lipinski definition) is 0. The highest BCUT2D eigenvalue weighted by Gasteiger charge is 2.33. The average Bonchev–Trinajstić information content (AvgIpc) is 2.53. The van der Waals surface area contributed by atoms with E-state index < -0.39 is 11.8 Å². The molecule has 118 valence electrons. The van der Waals surface area contributed by atoms with Crippen LogP contribution in [0, 0.1) is 0 Å². The Hall–Kier alpha value is -1.14. The zero-order valence-corrected chi connectivity index (χ0v) is 14.3. The lowest BCUT2D eigenvalue weighted by atomic mass is 9.91. The Kier molecular flexibility index (Phi) is 4.82. The molecule has 0 N–H and O–H groups in total. The maximum Gasteiger partial charge on any atom is 0.271 e. The van der Waals surface area contributed by atoms with E-state index in [4.69, 9.17) is 11.6 Å². The Balaban J connectivity index is 2.49. The number of aromatic nitrogens is 1. The van der Waals surface area contributed by atoms with Crippen LogP contribution in [0.15, 0.2) is 27.3 Å². The number of halogens is 4. The van der Waals surface area contributed by atoms with E-state index in [2.05, 4.69) is 20.9 Å². The van der Waals surface area contributed by atoms with Crippen molar-refractivity contribution in [2.24, 2.45) is 0 Å². The van der Waals surface area contributed by atoms with Gasteiger partial charge in [-0.1, -0.05) is 11.6 Å². The summed E-state index contributed by atoms with van der Waals surface area (Å²) in [7, 11) is 0. The minimum atomic E-state index is -3.07. The fraction of sp³-hybridized carbons (Fsp3) is 0.400. The van der Waals surface area contributed by atoms with Gasteiger partial charge in [-0.05, 0) is 35.3 Å². The number of Topliss-reactive ketones (excluding diaryl/α,β-unsaturated/α-hetero) is 2. The molecule has 0 aromatic carbocycles. The van der Waals surface area contributed by atoms with E-state index in [1.54, 1.807) is 0 Å². The molecule has 0 aliphatic heterocycles. The van der Waals surface area contributed by atoms with Gasteiger partial charge in [0.2, 0.25) is 0 Å². The van der Waals surface area contributed by atoms with Crippen LogP contribution in [0.4, 0.5) is 8.78 Å². The Morgan fingerprint density at radius 2 is 2.05 bits per heavy atom. The molecule has 1 aromatic rings. The van der Waals surface area contributed by atoms with Crippen molar-refractivity contribution < 1.29 is 18.4 Å². The largest absolute Gasteiger partial charge is 0.294 e. The summed E-state index contributed by atoms with van der Waals surface area (Å²) in [5.74, 6) is -4.47. The quantitative estimate of drug-likeness (QED) is 0.745. The predicted octanol–water partition coefficient (Wildman–Crippen LogP) is 4.48. The third-order valence-corrected chi connectivity index (χ3v) is 4.75. The number of nitrogens with zero attached hydrogens (tertiary/aromatic N) is 1. The highest BCUT2D eigenvalue weighted by Crippen LogP contribution is 2.37. The van der Waals surface area contributed by atoms with Crippen molar-refractivity contribution in [3.63, 3.8) is 0 Å². The van der Waals surface area contributed by atoms with Crippen LogP contribution < -0.4 is 0 Å². The fourth-order valence-electron chi connectivity index (χ4n) is 2.36. The number of carbonyl (C=O) groups is 2. The van der Waals surface area contributed by atoms with Crippen molar-refractivity contribution >= 4 is 39.1 Å². The molecule has 0 bridgehead atoms. The van der Waals surface area contributed by atoms with Gasteiger partial charge in [0.25, 0.3) is 5.92 Å². The second kappa shape index (κ2) is 6.16. The standard InChI is InChI=1S/C15H13BrClF2NO2/c1-7-13(17)12(21)4-3-8(14(7)22)11-5-9(15(2,18)19)10(16)6-20-11/h5-6,8H,3-4H2,1-2H3. The van der Waals surface area contributed by atoms with Crippen LogP contribution in [0.5, 0.6) is 0 Å². The number of rotatable bonds is 2. The fourth-order valence-corrected chi connectivity index (χ4v) is 3.11. The Labute approximate surface area is 139 Å². The van der Waals surface area contributed by atoms with Gasteiger partial charge in [-0.3, -0.25) is 14.6 Å². The predicted molar refractivity (Wildman–Crippen MR) is 82.0 cm³/mol. The van der Waals surface area contributed by atoms with Gasteiger partial charge < -0.3 is 0 Å². The first kappa shape index (κ1) is 17.2. The van der Waals surface area contributed by atoms with E-state index in [1.807, 2.05) is 0 Å². The van der Waals surface area contributed by atoms with E-state index in [0.717, 1.165) is 6.92 Å². The van der Waals surface area contributed by atoms with E-state index in [0.29, 0.717) is 0 Å². The molecule has 1 aliphatic carbocycles. The molecule has 0 radical (unpaired) electrons. The summed E-state index contributed by atoms with van der Waals surface area (Å²) in [5, 5.41) is -0.0781. The molecule has 0 saturated heterocycles. The molecule has 2 rings (SSSR count). The van der Waals surface area contributed by atoms with Crippen LogP contribution >= 0.6 is 27.5 Å². The molecular weight excluding hydrogens is 380 g/mol. The molecular formula is C15H13BrClF2NO2. The molecule has 1 unspecified atom stereocenters. The molecule has 3 nitrogen and oxygen atoms in total. The number of pyridine rings is 1.